The highest BCUT2D eigenvalue weighted by molar-refractivity contribution is 7.89. The number of nitrogens with zero attached hydrogens (tertiary/aromatic N) is 1. The highest BCUT2D eigenvalue weighted by Crippen LogP contribution is 2.19. The Hall–Kier alpha value is -2.49. The van der Waals surface area contributed by atoms with Crippen LogP contribution in [0.1, 0.15) is 0 Å². The van der Waals surface area contributed by atoms with E-state index >= 15 is 0 Å². The number of amides is 1. The molecule has 0 aliphatic carbocycles. The molecule has 1 aliphatic rings. The fourth-order valence-electron chi connectivity index (χ4n) is 2.63. The summed E-state index contributed by atoms with van der Waals surface area (Å²) in [5, 5.41) is 5.35. The van der Waals surface area contributed by atoms with Crippen LogP contribution in [-0.4, -0.2) is 51.5 Å². The van der Waals surface area contributed by atoms with Crippen molar-refractivity contribution < 1.29 is 22.3 Å². The average Bonchev–Trinajstić information content (AvgIpc) is 2.68. The topological polar surface area (TPSA) is 87.7 Å². The van der Waals surface area contributed by atoms with Gasteiger partial charge in [-0.25, -0.2) is 12.8 Å². The van der Waals surface area contributed by atoms with Gasteiger partial charge in [-0.15, -0.1) is 0 Å². The second kappa shape index (κ2) is 8.47. The molecule has 2 aromatic carbocycles. The molecular formula is C18H20FN3O4S. The molecule has 7 nitrogen and oxygen atoms in total. The first-order valence-electron chi connectivity index (χ1n) is 8.43. The molecule has 2 aromatic rings. The van der Waals surface area contributed by atoms with E-state index in [0.29, 0.717) is 32.0 Å². The van der Waals surface area contributed by atoms with Crippen LogP contribution in [0.5, 0.6) is 0 Å². The highest BCUT2D eigenvalue weighted by Gasteiger charge is 2.26. The van der Waals surface area contributed by atoms with Crippen molar-refractivity contribution in [3.8, 4) is 0 Å². The summed E-state index contributed by atoms with van der Waals surface area (Å²) < 4.78 is 45.2. The third-order valence-corrected chi connectivity index (χ3v) is 5.97. The van der Waals surface area contributed by atoms with Crippen molar-refractivity contribution in [2.75, 3.05) is 43.5 Å². The van der Waals surface area contributed by atoms with Gasteiger partial charge in [0.05, 0.1) is 30.3 Å². The monoisotopic (exact) mass is 393 g/mol. The normalized spacial score (nSPS) is 15.3. The summed E-state index contributed by atoms with van der Waals surface area (Å²) in [5.74, 6) is -0.815. The third kappa shape index (κ3) is 4.82. The number of carbonyl (C=O) groups excluding carboxylic acids is 1. The van der Waals surface area contributed by atoms with E-state index in [1.54, 1.807) is 12.1 Å². The molecule has 0 radical (unpaired) electrons. The molecule has 1 saturated heterocycles. The van der Waals surface area contributed by atoms with E-state index in [0.717, 1.165) is 0 Å². The lowest BCUT2D eigenvalue weighted by Crippen LogP contribution is -2.40. The molecule has 0 bridgehead atoms. The molecule has 2 N–H and O–H groups in total. The summed E-state index contributed by atoms with van der Waals surface area (Å²) in [7, 11) is -3.57. The summed E-state index contributed by atoms with van der Waals surface area (Å²) in [6.45, 7) is 1.28. The molecule has 0 spiro atoms. The second-order valence-electron chi connectivity index (χ2n) is 5.92. The molecule has 144 valence electrons. The molecule has 1 fully saturated rings. The number of para-hydroxylation sites is 1. The van der Waals surface area contributed by atoms with Crippen LogP contribution in [0.4, 0.5) is 15.8 Å². The number of sulfonamides is 1. The van der Waals surface area contributed by atoms with Crippen LogP contribution >= 0.6 is 0 Å². The number of rotatable bonds is 6. The van der Waals surface area contributed by atoms with Gasteiger partial charge in [0.1, 0.15) is 5.82 Å². The predicted molar refractivity (Wildman–Crippen MR) is 99.5 cm³/mol. The molecule has 27 heavy (non-hydrogen) atoms. The number of morpholine rings is 1. The minimum absolute atomic E-state index is 0.116. The number of nitrogens with one attached hydrogen (secondary N) is 2. The molecule has 1 amide bonds. The van der Waals surface area contributed by atoms with E-state index < -0.39 is 15.8 Å². The Morgan fingerprint density at radius 1 is 1.07 bits per heavy atom. The lowest BCUT2D eigenvalue weighted by Gasteiger charge is -2.26. The number of carbonyl (C=O) groups is 1. The van der Waals surface area contributed by atoms with Crippen LogP contribution in [0.3, 0.4) is 0 Å². The van der Waals surface area contributed by atoms with Crippen LogP contribution in [0, 0.1) is 5.82 Å². The number of halogens is 1. The van der Waals surface area contributed by atoms with Gasteiger partial charge in [0.2, 0.25) is 15.9 Å². The van der Waals surface area contributed by atoms with Gasteiger partial charge in [-0.05, 0) is 36.4 Å². The number of anilines is 2. The lowest BCUT2D eigenvalue weighted by molar-refractivity contribution is -0.114. The number of benzene rings is 2. The van der Waals surface area contributed by atoms with Gasteiger partial charge in [0, 0.05) is 18.8 Å². The Bertz CT molecular complexity index is 897. The number of hydrogen-bond acceptors (Lipinski definition) is 5. The molecule has 1 heterocycles. The zero-order chi connectivity index (χ0) is 19.3. The summed E-state index contributed by atoms with van der Waals surface area (Å²) in [6.07, 6.45) is 0. The first kappa shape index (κ1) is 19.3. The van der Waals surface area contributed by atoms with E-state index in [1.807, 2.05) is 0 Å². The molecular weight excluding hydrogens is 373 g/mol. The standard InChI is InChI=1S/C18H20FN3O4S/c19-16-3-1-2-4-17(16)20-13-18(23)21-14-5-7-15(8-6-14)27(24,25)22-9-11-26-12-10-22/h1-8,20H,9-13H2,(H,21,23). The van der Waals surface area contributed by atoms with Crippen molar-refractivity contribution in [1.82, 2.24) is 4.31 Å². The average molecular weight is 393 g/mol. The van der Waals surface area contributed by atoms with Gasteiger partial charge in [-0.2, -0.15) is 4.31 Å². The quantitative estimate of drug-likeness (QED) is 0.783. The van der Waals surface area contributed by atoms with Gasteiger partial charge >= 0.3 is 0 Å². The Labute approximate surface area is 157 Å². The van der Waals surface area contributed by atoms with Gasteiger partial charge in [-0.1, -0.05) is 12.1 Å². The van der Waals surface area contributed by atoms with Gasteiger partial charge in [0.15, 0.2) is 0 Å². The highest BCUT2D eigenvalue weighted by atomic mass is 32.2. The Morgan fingerprint density at radius 2 is 1.74 bits per heavy atom. The first-order valence-corrected chi connectivity index (χ1v) is 9.87. The van der Waals surface area contributed by atoms with Crippen molar-refractivity contribution in [2.45, 2.75) is 4.90 Å². The second-order valence-corrected chi connectivity index (χ2v) is 7.86. The molecule has 0 aromatic heterocycles. The Kier molecular flexibility index (Phi) is 6.04. The maximum absolute atomic E-state index is 13.5. The lowest BCUT2D eigenvalue weighted by atomic mass is 10.3. The smallest absolute Gasteiger partial charge is 0.243 e. The summed E-state index contributed by atoms with van der Waals surface area (Å²) in [5.41, 5.74) is 0.691. The predicted octanol–water partition coefficient (Wildman–Crippen LogP) is 1.90. The summed E-state index contributed by atoms with van der Waals surface area (Å²) in [6, 6.07) is 12.0. The molecule has 0 unspecified atom stereocenters. The zero-order valence-electron chi connectivity index (χ0n) is 14.5. The van der Waals surface area contributed by atoms with Crippen molar-refractivity contribution in [1.29, 1.82) is 0 Å². The minimum Gasteiger partial charge on any atom is -0.379 e. The third-order valence-electron chi connectivity index (χ3n) is 4.06. The van der Waals surface area contributed by atoms with E-state index in [2.05, 4.69) is 10.6 Å². The van der Waals surface area contributed by atoms with E-state index in [9.17, 15) is 17.6 Å². The Morgan fingerprint density at radius 3 is 2.41 bits per heavy atom. The van der Waals surface area contributed by atoms with Crippen molar-refractivity contribution in [3.63, 3.8) is 0 Å². The number of hydrogen-bond donors (Lipinski definition) is 2. The molecule has 3 rings (SSSR count). The largest absolute Gasteiger partial charge is 0.379 e. The summed E-state index contributed by atoms with van der Waals surface area (Å²) in [4.78, 5) is 12.1. The zero-order valence-corrected chi connectivity index (χ0v) is 15.3. The van der Waals surface area contributed by atoms with Crippen LogP contribution in [0.25, 0.3) is 0 Å². The van der Waals surface area contributed by atoms with Gasteiger partial charge in [-0.3, -0.25) is 4.79 Å². The summed E-state index contributed by atoms with van der Waals surface area (Å²) >= 11 is 0. The maximum Gasteiger partial charge on any atom is 0.243 e. The molecule has 9 heteroatoms. The van der Waals surface area contributed by atoms with Gasteiger partial charge in [0.25, 0.3) is 0 Å². The van der Waals surface area contributed by atoms with Crippen LogP contribution in [-0.2, 0) is 19.6 Å². The van der Waals surface area contributed by atoms with Crippen molar-refractivity contribution in [2.24, 2.45) is 0 Å². The van der Waals surface area contributed by atoms with E-state index in [-0.39, 0.29) is 23.0 Å². The van der Waals surface area contributed by atoms with E-state index in [4.69, 9.17) is 4.74 Å². The maximum atomic E-state index is 13.5. The molecule has 0 saturated carbocycles. The molecule has 0 atom stereocenters. The Balaban J connectivity index is 1.58. The fraction of sp³-hybridized carbons (Fsp3) is 0.278. The van der Waals surface area contributed by atoms with E-state index in [1.165, 1.54) is 40.7 Å². The fourth-order valence-corrected chi connectivity index (χ4v) is 4.04. The van der Waals surface area contributed by atoms with Crippen LogP contribution in [0.15, 0.2) is 53.4 Å². The first-order chi connectivity index (χ1) is 13.0. The van der Waals surface area contributed by atoms with Gasteiger partial charge < -0.3 is 15.4 Å². The number of ether oxygens (including phenoxy) is 1. The van der Waals surface area contributed by atoms with Crippen molar-refractivity contribution in [3.05, 3.63) is 54.3 Å². The minimum atomic E-state index is -3.57. The van der Waals surface area contributed by atoms with Crippen molar-refractivity contribution >= 4 is 27.3 Å². The SMILES string of the molecule is O=C(CNc1ccccc1F)Nc1ccc(S(=O)(=O)N2CCOCC2)cc1. The van der Waals surface area contributed by atoms with Crippen LogP contribution in [0.2, 0.25) is 0 Å². The molecule has 1 aliphatic heterocycles. The van der Waals surface area contributed by atoms with Crippen LogP contribution < -0.4 is 10.6 Å².